The third kappa shape index (κ3) is 4.47. The van der Waals surface area contributed by atoms with Gasteiger partial charge in [0.1, 0.15) is 5.82 Å². The number of hydrogen-bond acceptors (Lipinski definition) is 4. The second kappa shape index (κ2) is 7.96. The molecule has 0 aliphatic carbocycles. The molecule has 0 atom stereocenters. The number of carbonyl (C=O) groups excluding carboxylic acids is 1. The van der Waals surface area contributed by atoms with Gasteiger partial charge in [0.2, 0.25) is 5.91 Å². The van der Waals surface area contributed by atoms with Gasteiger partial charge in [-0.05, 0) is 30.5 Å². The number of benzene rings is 1. The third-order valence-electron chi connectivity index (χ3n) is 5.32. The topological polar surface area (TPSA) is 63.0 Å². The number of hydrogen-bond donors (Lipinski definition) is 1. The molecule has 138 valence electrons. The summed E-state index contributed by atoms with van der Waals surface area (Å²) in [6.07, 6.45) is 9.03. The summed E-state index contributed by atoms with van der Waals surface area (Å²) < 4.78 is 19.2. The lowest BCUT2D eigenvalue weighted by Crippen LogP contribution is -2.44. The molecule has 0 saturated carbocycles. The van der Waals surface area contributed by atoms with Crippen LogP contribution < -0.4 is 5.32 Å². The van der Waals surface area contributed by atoms with Crippen molar-refractivity contribution in [3.8, 4) is 12.3 Å². The van der Waals surface area contributed by atoms with Crippen LogP contribution in [0, 0.1) is 18.2 Å². The van der Waals surface area contributed by atoms with Crippen LogP contribution in [0.4, 0.5) is 4.39 Å². The van der Waals surface area contributed by atoms with Crippen molar-refractivity contribution in [2.24, 2.45) is 10.2 Å². The minimum absolute atomic E-state index is 0.0374. The summed E-state index contributed by atoms with van der Waals surface area (Å²) >= 11 is 0. The van der Waals surface area contributed by atoms with Crippen LogP contribution in [-0.4, -0.2) is 31.3 Å². The van der Waals surface area contributed by atoms with Gasteiger partial charge in [-0.15, -0.1) is 12.3 Å². The van der Waals surface area contributed by atoms with E-state index in [1.165, 1.54) is 6.07 Å². The van der Waals surface area contributed by atoms with Gasteiger partial charge in [0.15, 0.2) is 5.66 Å². The number of carbonyl (C=O) groups is 1. The lowest BCUT2D eigenvalue weighted by molar-refractivity contribution is -0.121. The van der Waals surface area contributed by atoms with Crippen molar-refractivity contribution in [3.05, 3.63) is 35.6 Å². The van der Waals surface area contributed by atoms with Gasteiger partial charge >= 0.3 is 0 Å². The molecule has 0 unspecified atom stereocenters. The molecular weight excluding hydrogens is 333 g/mol. The van der Waals surface area contributed by atoms with E-state index >= 15 is 0 Å². The van der Waals surface area contributed by atoms with Crippen LogP contribution in [0.2, 0.25) is 0 Å². The first kappa shape index (κ1) is 18.5. The monoisotopic (exact) mass is 357 g/mol. The van der Waals surface area contributed by atoms with E-state index < -0.39 is 5.66 Å². The first-order valence-corrected chi connectivity index (χ1v) is 9.06. The van der Waals surface area contributed by atoms with Crippen molar-refractivity contribution < 1.29 is 13.9 Å². The minimum Gasteiger partial charge on any atom is -0.381 e. The molecular formula is C20H24FN3O2. The number of nitrogens with zero attached hydrogens (tertiary/aromatic N) is 2. The highest BCUT2D eigenvalue weighted by Crippen LogP contribution is 2.38. The standard InChI is InChI=1S/C20H24FN3O2/c1-2-3-8-20(23-24-20)9-7-18(25)22-15-19(10-12-26-13-11-19)16-5-4-6-17(21)14-16/h1,4-6,14H,3,7-13,15H2,(H,22,25). The second-order valence-corrected chi connectivity index (χ2v) is 7.07. The smallest absolute Gasteiger partial charge is 0.220 e. The predicted molar refractivity (Wildman–Crippen MR) is 96.0 cm³/mol. The lowest BCUT2D eigenvalue weighted by atomic mass is 9.74. The molecule has 0 aromatic heterocycles. The van der Waals surface area contributed by atoms with Crippen molar-refractivity contribution in [1.82, 2.24) is 5.32 Å². The summed E-state index contributed by atoms with van der Waals surface area (Å²) in [5, 5.41) is 11.1. The highest BCUT2D eigenvalue weighted by molar-refractivity contribution is 5.76. The van der Waals surface area contributed by atoms with Crippen LogP contribution in [0.3, 0.4) is 0 Å². The molecule has 1 saturated heterocycles. The highest BCUT2D eigenvalue weighted by Gasteiger charge is 2.40. The van der Waals surface area contributed by atoms with E-state index in [0.717, 1.165) is 18.4 Å². The van der Waals surface area contributed by atoms with Gasteiger partial charge in [0.25, 0.3) is 0 Å². The Bertz CT molecular complexity index is 714. The Kier molecular flexibility index (Phi) is 5.67. The Morgan fingerprint density at radius 3 is 2.73 bits per heavy atom. The average molecular weight is 357 g/mol. The zero-order chi connectivity index (χ0) is 18.5. The number of ether oxygens (including phenoxy) is 1. The fourth-order valence-corrected chi connectivity index (χ4v) is 3.49. The molecule has 2 heterocycles. The Balaban J connectivity index is 1.56. The third-order valence-corrected chi connectivity index (χ3v) is 5.32. The number of halogens is 1. The van der Waals surface area contributed by atoms with Gasteiger partial charge in [-0.2, -0.15) is 10.2 Å². The fourth-order valence-electron chi connectivity index (χ4n) is 3.49. The van der Waals surface area contributed by atoms with Crippen molar-refractivity contribution >= 4 is 5.91 Å². The number of terminal acetylenes is 1. The highest BCUT2D eigenvalue weighted by atomic mass is 19.1. The molecule has 6 heteroatoms. The van der Waals surface area contributed by atoms with Crippen LogP contribution in [0.5, 0.6) is 0 Å². The molecule has 2 aliphatic rings. The first-order valence-electron chi connectivity index (χ1n) is 9.06. The summed E-state index contributed by atoms with van der Waals surface area (Å²) in [5.74, 6) is 2.29. The summed E-state index contributed by atoms with van der Waals surface area (Å²) in [4.78, 5) is 12.3. The zero-order valence-electron chi connectivity index (χ0n) is 14.8. The molecule has 0 radical (unpaired) electrons. The van der Waals surface area contributed by atoms with Crippen LogP contribution >= 0.6 is 0 Å². The maximum Gasteiger partial charge on any atom is 0.220 e. The molecule has 26 heavy (non-hydrogen) atoms. The Morgan fingerprint density at radius 2 is 2.08 bits per heavy atom. The normalized spacial score (nSPS) is 19.5. The van der Waals surface area contributed by atoms with Gasteiger partial charge < -0.3 is 10.1 Å². The number of rotatable bonds is 8. The molecule has 2 aliphatic heterocycles. The summed E-state index contributed by atoms with van der Waals surface area (Å²) in [6.45, 7) is 1.70. The van der Waals surface area contributed by atoms with E-state index in [-0.39, 0.29) is 17.1 Å². The molecule has 0 spiro atoms. The minimum atomic E-state index is -0.442. The van der Waals surface area contributed by atoms with Gasteiger partial charge in [0, 0.05) is 50.9 Å². The fraction of sp³-hybridized carbons (Fsp3) is 0.550. The molecule has 1 N–H and O–H groups in total. The van der Waals surface area contributed by atoms with Crippen molar-refractivity contribution in [1.29, 1.82) is 0 Å². The first-order chi connectivity index (χ1) is 12.6. The van der Waals surface area contributed by atoms with Crippen molar-refractivity contribution in [2.75, 3.05) is 19.8 Å². The van der Waals surface area contributed by atoms with E-state index in [0.29, 0.717) is 45.4 Å². The Labute approximate surface area is 153 Å². The summed E-state index contributed by atoms with van der Waals surface area (Å²) in [5.41, 5.74) is 0.187. The SMILES string of the molecule is C#CCCC1(CCC(=O)NCC2(c3cccc(F)c3)CCOCC2)N=N1. The van der Waals surface area contributed by atoms with Crippen molar-refractivity contribution in [3.63, 3.8) is 0 Å². The van der Waals surface area contributed by atoms with Gasteiger partial charge in [-0.25, -0.2) is 4.39 Å². The largest absolute Gasteiger partial charge is 0.381 e. The van der Waals surface area contributed by atoms with E-state index in [1.807, 2.05) is 6.07 Å². The number of amides is 1. The predicted octanol–water partition coefficient (Wildman–Crippen LogP) is 3.35. The van der Waals surface area contributed by atoms with E-state index in [9.17, 15) is 9.18 Å². The van der Waals surface area contributed by atoms with E-state index in [2.05, 4.69) is 21.5 Å². The van der Waals surface area contributed by atoms with Crippen LogP contribution in [0.25, 0.3) is 0 Å². The lowest BCUT2D eigenvalue weighted by Gasteiger charge is -2.38. The van der Waals surface area contributed by atoms with E-state index in [4.69, 9.17) is 11.2 Å². The molecule has 0 bridgehead atoms. The second-order valence-electron chi connectivity index (χ2n) is 7.07. The number of nitrogens with one attached hydrogen (secondary N) is 1. The van der Waals surface area contributed by atoms with E-state index in [1.54, 1.807) is 12.1 Å². The summed E-state index contributed by atoms with van der Waals surface area (Å²) in [7, 11) is 0. The maximum atomic E-state index is 13.7. The quantitative estimate of drug-likeness (QED) is 0.725. The molecule has 5 nitrogen and oxygen atoms in total. The van der Waals surface area contributed by atoms with Crippen LogP contribution in [0.1, 0.15) is 44.1 Å². The molecule has 1 aromatic carbocycles. The average Bonchev–Trinajstić information content (AvgIpc) is 3.44. The van der Waals surface area contributed by atoms with Crippen LogP contribution in [0.15, 0.2) is 34.5 Å². The molecule has 3 rings (SSSR count). The summed E-state index contributed by atoms with van der Waals surface area (Å²) in [6, 6.07) is 6.65. The van der Waals surface area contributed by atoms with Crippen LogP contribution in [-0.2, 0) is 14.9 Å². The maximum absolute atomic E-state index is 13.7. The van der Waals surface area contributed by atoms with Gasteiger partial charge in [-0.1, -0.05) is 12.1 Å². The van der Waals surface area contributed by atoms with Gasteiger partial charge in [-0.3, -0.25) is 4.79 Å². The van der Waals surface area contributed by atoms with Crippen molar-refractivity contribution in [2.45, 2.75) is 49.6 Å². The van der Waals surface area contributed by atoms with Gasteiger partial charge in [0.05, 0.1) is 0 Å². The Morgan fingerprint density at radius 1 is 1.31 bits per heavy atom. The Hall–Kier alpha value is -2.26. The zero-order valence-corrected chi connectivity index (χ0v) is 14.8. The molecule has 1 amide bonds. The molecule has 1 aromatic rings. The molecule has 1 fully saturated rings.